The third-order valence-electron chi connectivity index (χ3n) is 5.71. The van der Waals surface area contributed by atoms with E-state index in [2.05, 4.69) is 34.2 Å². The van der Waals surface area contributed by atoms with Gasteiger partial charge in [0.2, 0.25) is 0 Å². The van der Waals surface area contributed by atoms with Crippen LogP contribution in [-0.4, -0.2) is 33.9 Å². The van der Waals surface area contributed by atoms with Gasteiger partial charge in [-0.25, -0.2) is 0 Å². The summed E-state index contributed by atoms with van der Waals surface area (Å²) in [5.41, 5.74) is 5.16. The zero-order valence-corrected chi connectivity index (χ0v) is 16.8. The summed E-state index contributed by atoms with van der Waals surface area (Å²) in [4.78, 5) is 23.1. The maximum Gasteiger partial charge on any atom is 0.254 e. The Hall–Kier alpha value is -3.60. The van der Waals surface area contributed by atoms with Crippen molar-refractivity contribution >= 4 is 16.8 Å². The van der Waals surface area contributed by atoms with E-state index in [0.29, 0.717) is 18.7 Å². The molecule has 0 aliphatic carbocycles. The van der Waals surface area contributed by atoms with Crippen LogP contribution in [0.4, 0.5) is 0 Å². The van der Waals surface area contributed by atoms with Crippen LogP contribution in [0, 0.1) is 0 Å². The second-order valence-corrected chi connectivity index (χ2v) is 7.46. The van der Waals surface area contributed by atoms with Crippen molar-refractivity contribution in [2.75, 3.05) is 13.2 Å². The van der Waals surface area contributed by atoms with Crippen molar-refractivity contribution in [2.45, 2.75) is 19.4 Å². The number of hydrogen-bond acceptors (Lipinski definition) is 3. The zero-order valence-electron chi connectivity index (χ0n) is 16.8. The van der Waals surface area contributed by atoms with Gasteiger partial charge in [0.1, 0.15) is 5.75 Å². The maximum absolute atomic E-state index is 13.5. The standard InChI is InChI=1S/C25H23N3O2/c1-2-30-19-7-5-6-18(16-19)24-23-21(20-8-3-4-9-22(20)27-23)12-15-28(24)25(29)17-10-13-26-14-11-17/h3-11,13-14,16,24,27H,2,12,15H2,1H3/t24-/m0/s1. The van der Waals surface area contributed by atoms with Crippen LogP contribution in [0.1, 0.15) is 40.1 Å². The molecular formula is C25H23N3O2. The molecule has 1 amide bonds. The Labute approximate surface area is 175 Å². The minimum absolute atomic E-state index is 0.00789. The Balaban J connectivity index is 1.66. The molecule has 30 heavy (non-hydrogen) atoms. The van der Waals surface area contributed by atoms with E-state index < -0.39 is 0 Å². The predicted molar refractivity (Wildman–Crippen MR) is 117 cm³/mol. The molecule has 5 nitrogen and oxygen atoms in total. The highest BCUT2D eigenvalue weighted by molar-refractivity contribution is 5.95. The monoisotopic (exact) mass is 397 g/mol. The molecule has 0 unspecified atom stereocenters. The van der Waals surface area contributed by atoms with E-state index in [9.17, 15) is 4.79 Å². The van der Waals surface area contributed by atoms with Crippen LogP contribution in [-0.2, 0) is 6.42 Å². The molecule has 0 bridgehead atoms. The summed E-state index contributed by atoms with van der Waals surface area (Å²) in [6.07, 6.45) is 4.14. The summed E-state index contributed by atoms with van der Waals surface area (Å²) in [5, 5.41) is 1.23. The third kappa shape index (κ3) is 3.12. The summed E-state index contributed by atoms with van der Waals surface area (Å²) in [6, 6.07) is 19.8. The van der Waals surface area contributed by atoms with E-state index in [1.165, 1.54) is 10.9 Å². The van der Waals surface area contributed by atoms with Gasteiger partial charge in [-0.05, 0) is 54.8 Å². The fraction of sp³-hybridized carbons (Fsp3) is 0.200. The largest absolute Gasteiger partial charge is 0.494 e. The molecule has 0 spiro atoms. The van der Waals surface area contributed by atoms with Crippen LogP contribution in [0.25, 0.3) is 10.9 Å². The average molecular weight is 397 g/mol. The number of benzene rings is 2. The molecular weight excluding hydrogens is 374 g/mol. The van der Waals surface area contributed by atoms with E-state index in [1.807, 2.05) is 36.1 Å². The van der Waals surface area contributed by atoms with E-state index in [4.69, 9.17) is 4.74 Å². The summed E-state index contributed by atoms with van der Waals surface area (Å²) >= 11 is 0. The molecule has 0 saturated carbocycles. The van der Waals surface area contributed by atoms with Gasteiger partial charge in [-0.3, -0.25) is 9.78 Å². The Bertz CT molecular complexity index is 1200. The molecule has 2 aromatic heterocycles. The van der Waals surface area contributed by atoms with Crippen molar-refractivity contribution < 1.29 is 9.53 Å². The highest BCUT2D eigenvalue weighted by Crippen LogP contribution is 2.39. The number of ether oxygens (including phenoxy) is 1. The number of carbonyl (C=O) groups is 1. The molecule has 0 fully saturated rings. The summed E-state index contributed by atoms with van der Waals surface area (Å²) in [5.74, 6) is 0.822. The third-order valence-corrected chi connectivity index (χ3v) is 5.71. The number of H-pyrrole nitrogens is 1. The SMILES string of the molecule is CCOc1cccc([C@H]2c3[nH]c4ccccc4c3CCN2C(=O)c2ccncc2)c1. The highest BCUT2D eigenvalue weighted by atomic mass is 16.5. The first kappa shape index (κ1) is 18.4. The van der Waals surface area contributed by atoms with Gasteiger partial charge in [0.15, 0.2) is 0 Å². The number of nitrogens with one attached hydrogen (secondary N) is 1. The Morgan fingerprint density at radius 2 is 1.97 bits per heavy atom. The predicted octanol–water partition coefficient (Wildman–Crippen LogP) is 4.75. The topological polar surface area (TPSA) is 58.2 Å². The molecule has 1 N–H and O–H groups in total. The highest BCUT2D eigenvalue weighted by Gasteiger charge is 2.35. The van der Waals surface area contributed by atoms with Gasteiger partial charge in [-0.15, -0.1) is 0 Å². The Morgan fingerprint density at radius 1 is 1.13 bits per heavy atom. The van der Waals surface area contributed by atoms with Gasteiger partial charge in [0, 0.05) is 41.1 Å². The van der Waals surface area contributed by atoms with Gasteiger partial charge in [-0.1, -0.05) is 30.3 Å². The normalized spacial score (nSPS) is 15.8. The summed E-state index contributed by atoms with van der Waals surface area (Å²) < 4.78 is 5.74. The van der Waals surface area contributed by atoms with Crippen molar-refractivity contribution in [1.29, 1.82) is 0 Å². The van der Waals surface area contributed by atoms with Gasteiger partial charge >= 0.3 is 0 Å². The van der Waals surface area contributed by atoms with E-state index in [0.717, 1.165) is 28.9 Å². The molecule has 5 heteroatoms. The lowest BCUT2D eigenvalue weighted by Crippen LogP contribution is -2.40. The summed E-state index contributed by atoms with van der Waals surface area (Å²) in [6.45, 7) is 3.23. The second kappa shape index (κ2) is 7.67. The van der Waals surface area contributed by atoms with Crippen molar-refractivity contribution in [1.82, 2.24) is 14.9 Å². The van der Waals surface area contributed by atoms with Crippen molar-refractivity contribution in [2.24, 2.45) is 0 Å². The zero-order chi connectivity index (χ0) is 20.5. The number of para-hydroxylation sites is 1. The number of pyridine rings is 1. The molecule has 1 atom stereocenters. The average Bonchev–Trinajstić information content (AvgIpc) is 3.17. The molecule has 0 radical (unpaired) electrons. The summed E-state index contributed by atoms with van der Waals surface area (Å²) in [7, 11) is 0. The number of hydrogen-bond donors (Lipinski definition) is 1. The van der Waals surface area contributed by atoms with Crippen molar-refractivity contribution in [3.63, 3.8) is 0 Å². The van der Waals surface area contributed by atoms with Crippen LogP contribution >= 0.6 is 0 Å². The van der Waals surface area contributed by atoms with Gasteiger partial charge in [0.25, 0.3) is 5.91 Å². The second-order valence-electron chi connectivity index (χ2n) is 7.46. The number of aromatic amines is 1. The number of aromatic nitrogens is 2. The van der Waals surface area contributed by atoms with Gasteiger partial charge < -0.3 is 14.6 Å². The lowest BCUT2D eigenvalue weighted by molar-refractivity contribution is 0.0691. The molecule has 1 aliphatic heterocycles. The molecule has 150 valence electrons. The van der Waals surface area contributed by atoms with Crippen LogP contribution in [0.15, 0.2) is 73.1 Å². The van der Waals surface area contributed by atoms with Crippen LogP contribution in [0.2, 0.25) is 0 Å². The van der Waals surface area contributed by atoms with Crippen LogP contribution in [0.5, 0.6) is 5.75 Å². The van der Waals surface area contributed by atoms with Gasteiger partial charge in [-0.2, -0.15) is 0 Å². The van der Waals surface area contributed by atoms with E-state index in [1.54, 1.807) is 24.5 Å². The number of carbonyl (C=O) groups excluding carboxylic acids is 1. The van der Waals surface area contributed by atoms with E-state index in [-0.39, 0.29) is 11.9 Å². The quantitative estimate of drug-likeness (QED) is 0.541. The first-order valence-electron chi connectivity index (χ1n) is 10.3. The number of nitrogens with zero attached hydrogens (tertiary/aromatic N) is 2. The van der Waals surface area contributed by atoms with Crippen molar-refractivity contribution in [3.8, 4) is 5.75 Å². The minimum Gasteiger partial charge on any atom is -0.494 e. The van der Waals surface area contributed by atoms with Crippen LogP contribution in [0.3, 0.4) is 0 Å². The minimum atomic E-state index is -0.206. The fourth-order valence-electron chi connectivity index (χ4n) is 4.41. The molecule has 2 aromatic carbocycles. The molecule has 3 heterocycles. The molecule has 1 aliphatic rings. The van der Waals surface area contributed by atoms with E-state index >= 15 is 0 Å². The fourth-order valence-corrected chi connectivity index (χ4v) is 4.41. The number of fused-ring (bicyclic) bond motifs is 3. The molecule has 0 saturated heterocycles. The first-order valence-corrected chi connectivity index (χ1v) is 10.3. The lowest BCUT2D eigenvalue weighted by Gasteiger charge is -2.36. The number of amides is 1. The molecule has 4 aromatic rings. The molecule has 5 rings (SSSR count). The number of rotatable bonds is 4. The Kier molecular flexibility index (Phi) is 4.71. The first-order chi connectivity index (χ1) is 14.8. The lowest BCUT2D eigenvalue weighted by atomic mass is 9.91. The Morgan fingerprint density at radius 3 is 2.80 bits per heavy atom. The maximum atomic E-state index is 13.5. The smallest absolute Gasteiger partial charge is 0.254 e. The van der Waals surface area contributed by atoms with Crippen LogP contribution < -0.4 is 4.74 Å². The van der Waals surface area contributed by atoms with Crippen molar-refractivity contribution in [3.05, 3.63) is 95.4 Å². The van der Waals surface area contributed by atoms with Gasteiger partial charge in [0.05, 0.1) is 12.6 Å².